The summed E-state index contributed by atoms with van der Waals surface area (Å²) in [5.74, 6) is 0.701. The molecule has 2 atom stereocenters. The molecule has 0 saturated carbocycles. The molecular formula is C28H35Cl2N3O2S2. The fourth-order valence-corrected chi connectivity index (χ4v) is 5.86. The Kier molecular flexibility index (Phi) is 12.8. The molecule has 0 bridgehead atoms. The topological polar surface area (TPSA) is 54.3 Å². The zero-order chi connectivity index (χ0) is 26.6. The van der Waals surface area contributed by atoms with Crippen LogP contribution in [0.2, 0.25) is 10.0 Å². The number of ether oxygens (including phenoxy) is 1. The normalized spacial score (nSPS) is 17.5. The second-order valence-electron chi connectivity index (χ2n) is 8.65. The number of aryl methyl sites for hydroxylation is 1. The summed E-state index contributed by atoms with van der Waals surface area (Å²) < 4.78 is 5.82. The highest BCUT2D eigenvalue weighted by Crippen LogP contribution is 2.36. The van der Waals surface area contributed by atoms with Crippen LogP contribution in [0.15, 0.2) is 58.5 Å². The van der Waals surface area contributed by atoms with E-state index in [1.165, 1.54) is 17.3 Å². The molecule has 0 saturated heterocycles. The highest BCUT2D eigenvalue weighted by Gasteiger charge is 2.38. The number of esters is 1. The van der Waals surface area contributed by atoms with Crippen LogP contribution in [0.3, 0.4) is 0 Å². The van der Waals surface area contributed by atoms with Gasteiger partial charge in [-0.2, -0.15) is 11.8 Å². The molecule has 1 aliphatic heterocycles. The van der Waals surface area contributed by atoms with Gasteiger partial charge in [0.25, 0.3) is 0 Å². The summed E-state index contributed by atoms with van der Waals surface area (Å²) in [6.07, 6.45) is 3.55. The van der Waals surface area contributed by atoms with Crippen LogP contribution in [0, 0.1) is 5.92 Å². The first-order chi connectivity index (χ1) is 18.0. The van der Waals surface area contributed by atoms with Gasteiger partial charge in [0, 0.05) is 23.8 Å². The number of aliphatic imine (C=N–C) groups is 2. The minimum Gasteiger partial charge on any atom is -0.465 e. The summed E-state index contributed by atoms with van der Waals surface area (Å²) in [4.78, 5) is 25.5. The van der Waals surface area contributed by atoms with Crippen LogP contribution in [0.5, 0.6) is 0 Å². The van der Waals surface area contributed by atoms with Gasteiger partial charge in [0.05, 0.1) is 22.7 Å². The third kappa shape index (κ3) is 9.03. The van der Waals surface area contributed by atoms with Crippen molar-refractivity contribution < 1.29 is 9.53 Å². The number of rotatable bonds is 13. The van der Waals surface area contributed by atoms with Gasteiger partial charge in [0.15, 0.2) is 5.17 Å². The Bertz CT molecular complexity index is 1080. The van der Waals surface area contributed by atoms with E-state index < -0.39 is 12.0 Å². The molecule has 1 heterocycles. The van der Waals surface area contributed by atoms with Crippen molar-refractivity contribution >= 4 is 63.6 Å². The quantitative estimate of drug-likeness (QED) is 0.187. The van der Waals surface area contributed by atoms with Crippen molar-refractivity contribution in [3.63, 3.8) is 0 Å². The third-order valence-electron chi connectivity index (χ3n) is 6.28. The molecule has 0 amide bonds. The first-order valence-electron chi connectivity index (χ1n) is 12.6. The first-order valence-corrected chi connectivity index (χ1v) is 15.7. The van der Waals surface area contributed by atoms with Gasteiger partial charge in [-0.1, -0.05) is 85.2 Å². The summed E-state index contributed by atoms with van der Waals surface area (Å²) in [5.41, 5.74) is 2.85. The summed E-state index contributed by atoms with van der Waals surface area (Å²) >= 11 is 15.8. The summed E-state index contributed by atoms with van der Waals surface area (Å²) in [7, 11) is 0. The zero-order valence-electron chi connectivity index (χ0n) is 21.7. The maximum Gasteiger partial charge on any atom is 0.317 e. The maximum atomic E-state index is 13.5. The van der Waals surface area contributed by atoms with E-state index in [0.29, 0.717) is 27.6 Å². The lowest BCUT2D eigenvalue weighted by molar-refractivity contribution is -0.146. The molecule has 0 spiro atoms. The van der Waals surface area contributed by atoms with Crippen molar-refractivity contribution in [2.24, 2.45) is 15.9 Å². The Balaban J connectivity index is 1.76. The van der Waals surface area contributed by atoms with Gasteiger partial charge >= 0.3 is 5.97 Å². The fraction of sp³-hybridized carbons (Fsp3) is 0.464. The number of hydrogen-bond donors (Lipinski definition) is 0. The van der Waals surface area contributed by atoms with Gasteiger partial charge < -0.3 is 9.64 Å². The van der Waals surface area contributed by atoms with E-state index in [2.05, 4.69) is 30.9 Å². The molecule has 2 unspecified atom stereocenters. The van der Waals surface area contributed by atoms with Crippen molar-refractivity contribution in [1.29, 1.82) is 0 Å². The molecule has 0 aliphatic carbocycles. The first kappa shape index (κ1) is 30.0. The average molecular weight is 581 g/mol. The second kappa shape index (κ2) is 15.8. The van der Waals surface area contributed by atoms with E-state index in [0.717, 1.165) is 49.5 Å². The van der Waals surface area contributed by atoms with Crippen molar-refractivity contribution in [1.82, 2.24) is 4.90 Å². The summed E-state index contributed by atoms with van der Waals surface area (Å²) in [6.45, 7) is 7.74. The molecular weight excluding hydrogens is 545 g/mol. The molecule has 0 aromatic heterocycles. The molecule has 37 heavy (non-hydrogen) atoms. The molecule has 0 N–H and O–H groups in total. The largest absolute Gasteiger partial charge is 0.465 e. The Morgan fingerprint density at radius 1 is 1.08 bits per heavy atom. The number of carbonyl (C=O) groups excluding carboxylic acids is 1. The number of halogens is 2. The van der Waals surface area contributed by atoms with Gasteiger partial charge in [-0.15, -0.1) is 0 Å². The van der Waals surface area contributed by atoms with E-state index in [-0.39, 0.29) is 5.97 Å². The maximum absolute atomic E-state index is 13.5. The molecule has 2 aromatic carbocycles. The van der Waals surface area contributed by atoms with Crippen LogP contribution in [0.1, 0.15) is 37.4 Å². The smallest absolute Gasteiger partial charge is 0.317 e. The predicted octanol–water partition coefficient (Wildman–Crippen LogP) is 7.08. The minimum absolute atomic E-state index is 0.295. The van der Waals surface area contributed by atoms with Crippen molar-refractivity contribution in [3.8, 4) is 0 Å². The van der Waals surface area contributed by atoms with Gasteiger partial charge in [0.1, 0.15) is 5.92 Å². The molecule has 0 radical (unpaired) electrons. The van der Waals surface area contributed by atoms with Gasteiger partial charge in [0.2, 0.25) is 0 Å². The number of carbonyl (C=O) groups is 1. The van der Waals surface area contributed by atoms with E-state index in [1.54, 1.807) is 23.9 Å². The number of hydrogen-bond acceptors (Lipinski definition) is 7. The van der Waals surface area contributed by atoms with E-state index in [1.807, 2.05) is 30.5 Å². The van der Waals surface area contributed by atoms with Crippen LogP contribution in [-0.2, 0) is 16.0 Å². The molecule has 1 aliphatic rings. The monoisotopic (exact) mass is 579 g/mol. The minimum atomic E-state index is -0.606. The predicted molar refractivity (Wildman–Crippen MR) is 162 cm³/mol. The lowest BCUT2D eigenvalue weighted by atomic mass is 9.89. The average Bonchev–Trinajstić information content (AvgIpc) is 2.92. The Morgan fingerprint density at radius 3 is 2.51 bits per heavy atom. The molecule has 3 rings (SSSR count). The molecule has 5 nitrogen and oxygen atoms in total. The Labute approximate surface area is 239 Å². The molecule has 2 aromatic rings. The standard InChI is InChI=1S/C28H35Cl2N3O2S2/c1-4-33(5-2)15-17-37-19-24-25(27(34)35-16-9-12-20-10-7-6-8-11-20)26(32-28(31-24)36-3)21-13-14-22(29)23(30)18-21/h6-8,10-11,13-14,18,25-26H,4-5,9,12,15-17,19H2,1-3H3. The van der Waals surface area contributed by atoms with E-state index in [9.17, 15) is 4.79 Å². The SMILES string of the molecule is CCN(CC)CCSCC1=NC(SC)=NC(c2ccc(Cl)c(Cl)c2)C1C(=O)OCCCc1ccccc1. The van der Waals surface area contributed by atoms with Crippen molar-refractivity contribution in [2.75, 3.05) is 44.0 Å². The summed E-state index contributed by atoms with van der Waals surface area (Å²) in [5, 5.41) is 1.56. The summed E-state index contributed by atoms with van der Waals surface area (Å²) in [6, 6.07) is 15.2. The lowest BCUT2D eigenvalue weighted by Crippen LogP contribution is -2.36. The van der Waals surface area contributed by atoms with Crippen LogP contribution in [0.4, 0.5) is 0 Å². The Morgan fingerprint density at radius 2 is 1.84 bits per heavy atom. The fourth-order valence-electron chi connectivity index (χ4n) is 4.14. The van der Waals surface area contributed by atoms with Crippen LogP contribution in [-0.4, -0.2) is 65.8 Å². The number of nitrogens with zero attached hydrogens (tertiary/aromatic N) is 3. The van der Waals surface area contributed by atoms with Crippen molar-refractivity contribution in [2.45, 2.75) is 32.7 Å². The van der Waals surface area contributed by atoms with Gasteiger partial charge in [-0.05, 0) is 55.4 Å². The zero-order valence-corrected chi connectivity index (χ0v) is 24.8. The highest BCUT2D eigenvalue weighted by atomic mass is 35.5. The molecule has 0 fully saturated rings. The van der Waals surface area contributed by atoms with E-state index in [4.69, 9.17) is 37.9 Å². The van der Waals surface area contributed by atoms with Gasteiger partial charge in [-0.25, -0.2) is 4.99 Å². The van der Waals surface area contributed by atoms with E-state index >= 15 is 0 Å². The lowest BCUT2D eigenvalue weighted by Gasteiger charge is -2.28. The number of benzene rings is 2. The number of amidine groups is 1. The van der Waals surface area contributed by atoms with Crippen LogP contribution >= 0.6 is 46.7 Å². The Hall–Kier alpha value is -1.51. The van der Waals surface area contributed by atoms with Crippen LogP contribution < -0.4 is 0 Å². The van der Waals surface area contributed by atoms with Gasteiger partial charge in [-0.3, -0.25) is 9.79 Å². The third-order valence-corrected chi connectivity index (χ3v) is 8.55. The van der Waals surface area contributed by atoms with Crippen molar-refractivity contribution in [3.05, 3.63) is 69.7 Å². The van der Waals surface area contributed by atoms with Crippen LogP contribution in [0.25, 0.3) is 0 Å². The number of thioether (sulfide) groups is 2. The molecule has 200 valence electrons. The highest BCUT2D eigenvalue weighted by molar-refractivity contribution is 8.13. The molecule has 9 heteroatoms. The second-order valence-corrected chi connectivity index (χ2v) is 11.3.